The lowest BCUT2D eigenvalue weighted by molar-refractivity contribution is 0.0936. The molecule has 1 aliphatic heterocycles. The van der Waals surface area contributed by atoms with E-state index in [-0.39, 0.29) is 18.7 Å². The molecule has 1 unspecified atom stereocenters. The van der Waals surface area contributed by atoms with E-state index < -0.39 is 0 Å². The minimum atomic E-state index is -0.0802. The molecule has 4 nitrogen and oxygen atoms in total. The van der Waals surface area contributed by atoms with E-state index in [2.05, 4.69) is 35.1 Å². The van der Waals surface area contributed by atoms with Crippen molar-refractivity contribution in [3.05, 3.63) is 23.8 Å². The molecule has 2 rings (SSSR count). The Hall–Kier alpha value is -1.23. The first-order valence-corrected chi connectivity index (χ1v) is 7.48. The van der Waals surface area contributed by atoms with Crippen molar-refractivity contribution in [1.29, 1.82) is 0 Å². The van der Waals surface area contributed by atoms with E-state index in [0.717, 1.165) is 11.8 Å². The summed E-state index contributed by atoms with van der Waals surface area (Å²) in [4.78, 5) is 12.2. The third-order valence-electron chi connectivity index (χ3n) is 2.91. The Balaban J connectivity index is 2.03. The number of carbonyl (C=O) groups excluding carboxylic acids is 1. The minimum absolute atomic E-state index is 0.0802. The van der Waals surface area contributed by atoms with Crippen molar-refractivity contribution in [2.75, 3.05) is 12.1 Å². The number of nitrogens with one attached hydrogen (secondary N) is 1. The molecule has 0 aliphatic carbocycles. The number of benzene rings is 1. The molecule has 1 atom stereocenters. The summed E-state index contributed by atoms with van der Waals surface area (Å²) in [7, 11) is 0. The van der Waals surface area contributed by atoms with Gasteiger partial charge in [0.1, 0.15) is 0 Å². The summed E-state index contributed by atoms with van der Waals surface area (Å²) < 4.78 is 10.5. The predicted molar refractivity (Wildman–Crippen MR) is 77.1 cm³/mol. The van der Waals surface area contributed by atoms with Crippen LogP contribution in [0, 0.1) is 5.92 Å². The van der Waals surface area contributed by atoms with Crippen LogP contribution in [0.15, 0.2) is 18.2 Å². The molecule has 1 aromatic carbocycles. The third-order valence-corrected chi connectivity index (χ3v) is 3.69. The highest BCUT2D eigenvalue weighted by Crippen LogP contribution is 2.32. The maximum Gasteiger partial charge on any atom is 0.251 e. The van der Waals surface area contributed by atoms with Crippen LogP contribution in [0.4, 0.5) is 0 Å². The summed E-state index contributed by atoms with van der Waals surface area (Å²) >= 11 is 3.44. The van der Waals surface area contributed by atoms with Crippen LogP contribution in [-0.4, -0.2) is 24.1 Å². The van der Waals surface area contributed by atoms with E-state index in [0.29, 0.717) is 23.0 Å². The molecule has 0 fully saturated rings. The Bertz CT molecular complexity index is 462. The normalized spacial score (nSPS) is 14.5. The van der Waals surface area contributed by atoms with Crippen LogP contribution in [0.1, 0.15) is 30.6 Å². The number of halogens is 1. The fraction of sp³-hybridized carbons (Fsp3) is 0.500. The number of amides is 1. The summed E-state index contributed by atoms with van der Waals surface area (Å²) in [5.74, 6) is 1.78. The Labute approximate surface area is 121 Å². The lowest BCUT2D eigenvalue weighted by Crippen LogP contribution is -2.37. The van der Waals surface area contributed by atoms with Crippen molar-refractivity contribution in [1.82, 2.24) is 5.32 Å². The molecule has 1 amide bonds. The number of alkyl halides is 1. The molecule has 19 heavy (non-hydrogen) atoms. The largest absolute Gasteiger partial charge is 0.454 e. The van der Waals surface area contributed by atoms with E-state index in [1.807, 2.05) is 0 Å². The fourth-order valence-electron chi connectivity index (χ4n) is 2.04. The molecule has 5 heteroatoms. The van der Waals surface area contributed by atoms with Gasteiger partial charge in [-0.15, -0.1) is 0 Å². The van der Waals surface area contributed by atoms with Gasteiger partial charge < -0.3 is 14.8 Å². The summed E-state index contributed by atoms with van der Waals surface area (Å²) in [6, 6.07) is 5.38. The standard InChI is InChI=1S/C14H18BrNO3/c1-9(2)5-11(7-15)16-14(17)10-3-4-12-13(6-10)19-8-18-12/h3-4,6,9,11H,5,7-8H2,1-2H3,(H,16,17). The minimum Gasteiger partial charge on any atom is -0.454 e. The molecule has 0 saturated heterocycles. The van der Waals surface area contributed by atoms with Crippen molar-refractivity contribution in [2.45, 2.75) is 26.3 Å². The average Bonchev–Trinajstić information content (AvgIpc) is 2.84. The van der Waals surface area contributed by atoms with Crippen LogP contribution in [0.5, 0.6) is 11.5 Å². The smallest absolute Gasteiger partial charge is 0.251 e. The Morgan fingerprint density at radius 3 is 2.79 bits per heavy atom. The van der Waals surface area contributed by atoms with Crippen LogP contribution >= 0.6 is 15.9 Å². The van der Waals surface area contributed by atoms with Crippen LogP contribution < -0.4 is 14.8 Å². The van der Waals surface area contributed by atoms with E-state index in [1.165, 1.54) is 0 Å². The molecular weight excluding hydrogens is 310 g/mol. The molecule has 0 spiro atoms. The quantitative estimate of drug-likeness (QED) is 0.846. The molecule has 1 aliphatic rings. The van der Waals surface area contributed by atoms with E-state index in [4.69, 9.17) is 9.47 Å². The first-order valence-electron chi connectivity index (χ1n) is 6.36. The van der Waals surface area contributed by atoms with Crippen LogP contribution in [0.3, 0.4) is 0 Å². The lowest BCUT2D eigenvalue weighted by Gasteiger charge is -2.18. The fourth-order valence-corrected chi connectivity index (χ4v) is 2.46. The summed E-state index contributed by atoms with van der Waals surface area (Å²) in [5, 5.41) is 3.77. The second-order valence-corrected chi connectivity index (χ2v) is 5.67. The van der Waals surface area contributed by atoms with Gasteiger partial charge in [-0.2, -0.15) is 0 Å². The highest BCUT2D eigenvalue weighted by atomic mass is 79.9. The second kappa shape index (κ2) is 6.28. The number of carbonyl (C=O) groups is 1. The first-order chi connectivity index (χ1) is 9.10. The number of fused-ring (bicyclic) bond motifs is 1. The number of hydrogen-bond acceptors (Lipinski definition) is 3. The third kappa shape index (κ3) is 3.62. The highest BCUT2D eigenvalue weighted by Gasteiger charge is 2.18. The van der Waals surface area contributed by atoms with E-state index in [9.17, 15) is 4.79 Å². The predicted octanol–water partition coefficient (Wildman–Crippen LogP) is 2.95. The van der Waals surface area contributed by atoms with Crippen LogP contribution in [0.25, 0.3) is 0 Å². The highest BCUT2D eigenvalue weighted by molar-refractivity contribution is 9.09. The molecular formula is C14H18BrNO3. The molecule has 0 radical (unpaired) electrons. The molecule has 104 valence electrons. The van der Waals surface area contributed by atoms with Gasteiger partial charge in [-0.3, -0.25) is 4.79 Å². The van der Waals surface area contributed by atoms with Crippen molar-refractivity contribution in [3.63, 3.8) is 0 Å². The van der Waals surface area contributed by atoms with Gasteiger partial charge in [-0.05, 0) is 30.5 Å². The van der Waals surface area contributed by atoms with Gasteiger partial charge in [-0.25, -0.2) is 0 Å². The SMILES string of the molecule is CC(C)CC(CBr)NC(=O)c1ccc2c(c1)OCO2. The van der Waals surface area contributed by atoms with Gasteiger partial charge in [0.2, 0.25) is 6.79 Å². The molecule has 0 saturated carbocycles. The summed E-state index contributed by atoms with van der Waals surface area (Å²) in [6.07, 6.45) is 0.946. The van der Waals surface area contributed by atoms with Crippen molar-refractivity contribution < 1.29 is 14.3 Å². The first kappa shape index (κ1) is 14.2. The van der Waals surface area contributed by atoms with Crippen LogP contribution in [0.2, 0.25) is 0 Å². The zero-order valence-corrected chi connectivity index (χ0v) is 12.7. The van der Waals surface area contributed by atoms with Gasteiger partial charge >= 0.3 is 0 Å². The average molecular weight is 328 g/mol. The topological polar surface area (TPSA) is 47.6 Å². The lowest BCUT2D eigenvalue weighted by atomic mass is 10.0. The molecule has 1 N–H and O–H groups in total. The summed E-state index contributed by atoms with van der Waals surface area (Å²) in [6.45, 7) is 4.50. The zero-order valence-electron chi connectivity index (χ0n) is 11.1. The monoisotopic (exact) mass is 327 g/mol. The van der Waals surface area contributed by atoms with Crippen LogP contribution in [-0.2, 0) is 0 Å². The molecule has 0 aromatic heterocycles. The van der Waals surface area contributed by atoms with Gasteiger partial charge in [-0.1, -0.05) is 29.8 Å². The Morgan fingerprint density at radius 1 is 1.37 bits per heavy atom. The van der Waals surface area contributed by atoms with Gasteiger partial charge in [0.05, 0.1) is 0 Å². The Morgan fingerprint density at radius 2 is 2.11 bits per heavy atom. The summed E-state index contributed by atoms with van der Waals surface area (Å²) in [5.41, 5.74) is 0.596. The van der Waals surface area contributed by atoms with Gasteiger partial charge in [0, 0.05) is 16.9 Å². The zero-order chi connectivity index (χ0) is 13.8. The van der Waals surface area contributed by atoms with Crippen molar-refractivity contribution in [2.24, 2.45) is 5.92 Å². The molecule has 0 bridgehead atoms. The number of ether oxygens (including phenoxy) is 2. The van der Waals surface area contributed by atoms with Gasteiger partial charge in [0.15, 0.2) is 11.5 Å². The maximum atomic E-state index is 12.2. The Kier molecular flexibility index (Phi) is 4.69. The number of hydrogen-bond donors (Lipinski definition) is 1. The molecule has 1 heterocycles. The second-order valence-electron chi connectivity index (χ2n) is 5.02. The maximum absolute atomic E-state index is 12.2. The molecule has 1 aromatic rings. The van der Waals surface area contributed by atoms with E-state index >= 15 is 0 Å². The number of rotatable bonds is 5. The van der Waals surface area contributed by atoms with Gasteiger partial charge in [0.25, 0.3) is 5.91 Å². The van der Waals surface area contributed by atoms with Crippen molar-refractivity contribution >= 4 is 21.8 Å². The van der Waals surface area contributed by atoms with E-state index in [1.54, 1.807) is 18.2 Å². The van der Waals surface area contributed by atoms with Crippen molar-refractivity contribution in [3.8, 4) is 11.5 Å².